The van der Waals surface area contributed by atoms with Gasteiger partial charge in [-0.15, -0.1) is 0 Å². The first-order chi connectivity index (χ1) is 9.49. The van der Waals surface area contributed by atoms with E-state index in [1.807, 2.05) is 0 Å². The van der Waals surface area contributed by atoms with E-state index in [9.17, 15) is 9.18 Å². The normalized spacial score (nSPS) is 10.3. The lowest BCUT2D eigenvalue weighted by Crippen LogP contribution is -2.16. The van der Waals surface area contributed by atoms with Crippen molar-refractivity contribution in [2.24, 2.45) is 5.73 Å². The zero-order chi connectivity index (χ0) is 14.7. The fourth-order valence-corrected chi connectivity index (χ4v) is 1.87. The van der Waals surface area contributed by atoms with E-state index in [0.29, 0.717) is 5.56 Å². The standard InChI is InChI=1S/C12H9Cl2FN4O/c13-8-3-1-2-6(9(8)15)4-17-11-7(10(16)20)5-18-12(14)19-11/h1-3,5H,4H2,(H2,16,20)(H,17,18,19). The Morgan fingerprint density at radius 3 is 2.85 bits per heavy atom. The van der Waals surface area contributed by atoms with Gasteiger partial charge in [-0.3, -0.25) is 4.79 Å². The lowest BCUT2D eigenvalue weighted by Gasteiger charge is -2.10. The first-order valence-electron chi connectivity index (χ1n) is 5.48. The summed E-state index contributed by atoms with van der Waals surface area (Å²) in [5.74, 6) is -1.12. The number of amides is 1. The molecule has 0 aliphatic rings. The second kappa shape index (κ2) is 6.02. The summed E-state index contributed by atoms with van der Waals surface area (Å²) in [5.41, 5.74) is 5.58. The van der Waals surface area contributed by atoms with Crippen LogP contribution in [0.1, 0.15) is 15.9 Å². The number of nitrogens with two attached hydrogens (primary N) is 1. The maximum atomic E-state index is 13.7. The molecule has 2 rings (SSSR count). The molecule has 0 saturated heterocycles. The van der Waals surface area contributed by atoms with Gasteiger partial charge in [0.1, 0.15) is 11.6 Å². The minimum Gasteiger partial charge on any atom is -0.365 e. The Kier molecular flexibility index (Phi) is 4.36. The van der Waals surface area contributed by atoms with Crippen molar-refractivity contribution in [3.05, 3.63) is 51.6 Å². The van der Waals surface area contributed by atoms with Crippen LogP contribution < -0.4 is 11.1 Å². The molecule has 1 amide bonds. The summed E-state index contributed by atoms with van der Waals surface area (Å²) in [6, 6.07) is 4.61. The smallest absolute Gasteiger partial charge is 0.254 e. The molecule has 1 aromatic carbocycles. The van der Waals surface area contributed by atoms with Gasteiger partial charge in [-0.05, 0) is 17.7 Å². The van der Waals surface area contributed by atoms with Gasteiger partial charge in [0.2, 0.25) is 5.28 Å². The summed E-state index contributed by atoms with van der Waals surface area (Å²) in [6.45, 7) is 0.0695. The van der Waals surface area contributed by atoms with Gasteiger partial charge in [0.15, 0.2) is 0 Å². The van der Waals surface area contributed by atoms with Crippen LogP contribution >= 0.6 is 23.2 Å². The Morgan fingerprint density at radius 2 is 2.15 bits per heavy atom. The monoisotopic (exact) mass is 314 g/mol. The van der Waals surface area contributed by atoms with Crippen LogP contribution in [-0.4, -0.2) is 15.9 Å². The van der Waals surface area contributed by atoms with Crippen molar-refractivity contribution >= 4 is 34.9 Å². The van der Waals surface area contributed by atoms with E-state index in [-0.39, 0.29) is 28.2 Å². The van der Waals surface area contributed by atoms with Gasteiger partial charge in [-0.2, -0.15) is 4.98 Å². The largest absolute Gasteiger partial charge is 0.365 e. The molecule has 2 aromatic rings. The molecule has 0 fully saturated rings. The number of carbonyl (C=O) groups excluding carboxylic acids is 1. The van der Waals surface area contributed by atoms with Crippen LogP contribution in [-0.2, 0) is 6.54 Å². The fourth-order valence-electron chi connectivity index (χ4n) is 1.54. The number of nitrogens with one attached hydrogen (secondary N) is 1. The average Bonchev–Trinajstić information content (AvgIpc) is 2.40. The Morgan fingerprint density at radius 1 is 1.40 bits per heavy atom. The predicted molar refractivity (Wildman–Crippen MR) is 74.3 cm³/mol. The van der Waals surface area contributed by atoms with E-state index < -0.39 is 11.7 Å². The Balaban J connectivity index is 2.24. The van der Waals surface area contributed by atoms with E-state index >= 15 is 0 Å². The molecule has 104 valence electrons. The highest BCUT2D eigenvalue weighted by atomic mass is 35.5. The van der Waals surface area contributed by atoms with E-state index in [4.69, 9.17) is 28.9 Å². The second-order valence-corrected chi connectivity index (χ2v) is 4.58. The number of benzene rings is 1. The first kappa shape index (κ1) is 14.5. The van der Waals surface area contributed by atoms with E-state index in [2.05, 4.69) is 15.3 Å². The highest BCUT2D eigenvalue weighted by Crippen LogP contribution is 2.20. The van der Waals surface area contributed by atoms with E-state index in [1.54, 1.807) is 12.1 Å². The lowest BCUT2D eigenvalue weighted by molar-refractivity contribution is 0.100. The Bertz CT molecular complexity index is 666. The summed E-state index contributed by atoms with van der Waals surface area (Å²) < 4.78 is 13.7. The van der Waals surface area contributed by atoms with Gasteiger partial charge in [0.25, 0.3) is 5.91 Å². The molecule has 8 heteroatoms. The Hall–Kier alpha value is -1.92. The second-order valence-electron chi connectivity index (χ2n) is 3.83. The lowest BCUT2D eigenvalue weighted by atomic mass is 10.2. The zero-order valence-corrected chi connectivity index (χ0v) is 11.5. The van der Waals surface area contributed by atoms with Gasteiger partial charge in [-0.1, -0.05) is 23.7 Å². The van der Waals surface area contributed by atoms with Crippen molar-refractivity contribution < 1.29 is 9.18 Å². The molecule has 3 N–H and O–H groups in total. The molecule has 0 atom stereocenters. The van der Waals surface area contributed by atoms with E-state index in [0.717, 1.165) is 0 Å². The maximum absolute atomic E-state index is 13.7. The molecule has 0 bridgehead atoms. The molecule has 1 heterocycles. The number of rotatable bonds is 4. The molecular weight excluding hydrogens is 306 g/mol. The number of carbonyl (C=O) groups is 1. The minimum atomic E-state index is -0.712. The number of hydrogen-bond acceptors (Lipinski definition) is 4. The number of nitrogens with zero attached hydrogens (tertiary/aromatic N) is 2. The highest BCUT2D eigenvalue weighted by molar-refractivity contribution is 6.30. The molecule has 0 spiro atoms. The number of anilines is 1. The summed E-state index contributed by atoms with van der Waals surface area (Å²) in [4.78, 5) is 18.7. The van der Waals surface area contributed by atoms with Gasteiger partial charge >= 0.3 is 0 Å². The third-order valence-electron chi connectivity index (χ3n) is 2.50. The van der Waals surface area contributed by atoms with Crippen LogP contribution in [0.25, 0.3) is 0 Å². The van der Waals surface area contributed by atoms with E-state index in [1.165, 1.54) is 12.3 Å². The molecule has 1 aromatic heterocycles. The van der Waals surface area contributed by atoms with Crippen LogP contribution in [0.5, 0.6) is 0 Å². The molecule has 5 nitrogen and oxygen atoms in total. The number of aromatic nitrogens is 2. The van der Waals surface area contributed by atoms with Gasteiger partial charge in [0, 0.05) is 18.3 Å². The molecule has 0 radical (unpaired) electrons. The predicted octanol–water partition coefficient (Wildman–Crippen LogP) is 2.63. The highest BCUT2D eigenvalue weighted by Gasteiger charge is 2.12. The Labute approximate surface area is 123 Å². The first-order valence-corrected chi connectivity index (χ1v) is 6.23. The molecule has 20 heavy (non-hydrogen) atoms. The summed E-state index contributed by atoms with van der Waals surface area (Å²) in [7, 11) is 0. The van der Waals surface area contributed by atoms with Crippen molar-refractivity contribution in [2.45, 2.75) is 6.54 Å². The van der Waals surface area contributed by atoms with Crippen LogP contribution in [0.2, 0.25) is 10.3 Å². The summed E-state index contributed by atoms with van der Waals surface area (Å²) in [6.07, 6.45) is 1.20. The molecule has 0 saturated carbocycles. The average molecular weight is 315 g/mol. The minimum absolute atomic E-state index is 0.0140. The van der Waals surface area contributed by atoms with Gasteiger partial charge < -0.3 is 11.1 Å². The van der Waals surface area contributed by atoms with Crippen LogP contribution in [0, 0.1) is 5.82 Å². The number of primary amides is 1. The molecule has 0 aliphatic heterocycles. The van der Waals surface area contributed by atoms with Crippen molar-refractivity contribution in [2.75, 3.05) is 5.32 Å². The van der Waals surface area contributed by atoms with Gasteiger partial charge in [0.05, 0.1) is 10.6 Å². The number of halogens is 3. The zero-order valence-electron chi connectivity index (χ0n) is 10.0. The van der Waals surface area contributed by atoms with Crippen molar-refractivity contribution in [1.82, 2.24) is 9.97 Å². The quantitative estimate of drug-likeness (QED) is 0.850. The summed E-state index contributed by atoms with van der Waals surface area (Å²) >= 11 is 11.3. The third kappa shape index (κ3) is 3.15. The van der Waals surface area contributed by atoms with Crippen LogP contribution in [0.3, 0.4) is 0 Å². The molecular formula is C12H9Cl2FN4O. The van der Waals surface area contributed by atoms with Gasteiger partial charge in [-0.25, -0.2) is 9.37 Å². The van der Waals surface area contributed by atoms with Crippen molar-refractivity contribution in [3.8, 4) is 0 Å². The summed E-state index contributed by atoms with van der Waals surface area (Å²) in [5, 5.41) is 2.75. The number of hydrogen-bond donors (Lipinski definition) is 2. The molecule has 0 unspecified atom stereocenters. The SMILES string of the molecule is NC(=O)c1cnc(Cl)nc1NCc1cccc(Cl)c1F. The van der Waals surface area contributed by atoms with Crippen LogP contribution in [0.15, 0.2) is 24.4 Å². The van der Waals surface area contributed by atoms with Crippen molar-refractivity contribution in [3.63, 3.8) is 0 Å². The maximum Gasteiger partial charge on any atom is 0.254 e. The fraction of sp³-hybridized carbons (Fsp3) is 0.0833. The van der Waals surface area contributed by atoms with Crippen LogP contribution in [0.4, 0.5) is 10.2 Å². The topological polar surface area (TPSA) is 80.9 Å². The molecule has 0 aliphatic carbocycles. The third-order valence-corrected chi connectivity index (χ3v) is 2.98. The van der Waals surface area contributed by atoms with Crippen molar-refractivity contribution in [1.29, 1.82) is 0 Å².